The van der Waals surface area contributed by atoms with Crippen molar-refractivity contribution >= 4 is 15.9 Å². The second-order valence-electron chi connectivity index (χ2n) is 6.42. The molecule has 1 aliphatic heterocycles. The smallest absolute Gasteiger partial charge is 0.341 e. The molecule has 1 fully saturated rings. The van der Waals surface area contributed by atoms with Crippen LogP contribution in [0.4, 0.5) is 13.2 Å². The van der Waals surface area contributed by atoms with Gasteiger partial charge in [0.2, 0.25) is 15.9 Å². The lowest BCUT2D eigenvalue weighted by Gasteiger charge is -2.32. The van der Waals surface area contributed by atoms with Gasteiger partial charge in [-0.05, 0) is 31.4 Å². The predicted molar refractivity (Wildman–Crippen MR) is 91.7 cm³/mol. The molecular formula is C17H23F3N2O3S. The molecule has 1 aromatic carbocycles. The van der Waals surface area contributed by atoms with Gasteiger partial charge in [-0.25, -0.2) is 12.7 Å². The van der Waals surface area contributed by atoms with Gasteiger partial charge in [-0.1, -0.05) is 18.2 Å². The third kappa shape index (κ3) is 4.76. The van der Waals surface area contributed by atoms with Gasteiger partial charge in [0.15, 0.2) is 0 Å². The molecule has 1 amide bonds. The van der Waals surface area contributed by atoms with Gasteiger partial charge < -0.3 is 4.90 Å². The topological polar surface area (TPSA) is 57.7 Å². The Labute approximate surface area is 151 Å². The van der Waals surface area contributed by atoms with Crippen molar-refractivity contribution in [2.24, 2.45) is 5.92 Å². The van der Waals surface area contributed by atoms with E-state index in [9.17, 15) is 26.4 Å². The predicted octanol–water partition coefficient (Wildman–Crippen LogP) is 2.73. The Morgan fingerprint density at radius 2 is 1.81 bits per heavy atom. The highest BCUT2D eigenvalue weighted by atomic mass is 32.2. The number of halogens is 3. The summed E-state index contributed by atoms with van der Waals surface area (Å²) in [7, 11) is -1.80. The normalized spacial score (nSPS) is 17.3. The fourth-order valence-corrected chi connectivity index (χ4v) is 4.28. The SMILES string of the molecule is CCS(=O)(=O)N1CCC(C(=O)N(C)Cc2ccccc2C(F)(F)F)CC1. The molecule has 0 bridgehead atoms. The molecule has 1 saturated heterocycles. The Morgan fingerprint density at radius 1 is 1.23 bits per heavy atom. The van der Waals surface area contributed by atoms with E-state index in [0.717, 1.165) is 6.07 Å². The van der Waals surface area contributed by atoms with Gasteiger partial charge in [0.25, 0.3) is 0 Å². The summed E-state index contributed by atoms with van der Waals surface area (Å²) >= 11 is 0. The number of rotatable bonds is 5. The molecule has 9 heteroatoms. The van der Waals surface area contributed by atoms with Crippen molar-refractivity contribution in [2.75, 3.05) is 25.9 Å². The van der Waals surface area contributed by atoms with Gasteiger partial charge in [-0.3, -0.25) is 4.79 Å². The molecule has 0 aliphatic carbocycles. The molecule has 1 aromatic rings. The van der Waals surface area contributed by atoms with Crippen molar-refractivity contribution in [2.45, 2.75) is 32.5 Å². The van der Waals surface area contributed by atoms with E-state index in [2.05, 4.69) is 0 Å². The first-order chi connectivity index (χ1) is 12.1. The number of carbonyl (C=O) groups is 1. The lowest BCUT2D eigenvalue weighted by atomic mass is 9.96. The minimum Gasteiger partial charge on any atom is -0.341 e. The number of hydrogen-bond acceptors (Lipinski definition) is 3. The summed E-state index contributed by atoms with van der Waals surface area (Å²) in [6, 6.07) is 5.19. The molecule has 1 heterocycles. The maximum atomic E-state index is 13.1. The minimum absolute atomic E-state index is 0.0136. The van der Waals surface area contributed by atoms with Gasteiger partial charge in [-0.15, -0.1) is 0 Å². The lowest BCUT2D eigenvalue weighted by Crippen LogP contribution is -2.43. The van der Waals surface area contributed by atoms with E-state index in [-0.39, 0.29) is 42.8 Å². The number of amides is 1. The molecule has 0 N–H and O–H groups in total. The Balaban J connectivity index is 2.02. The second-order valence-corrected chi connectivity index (χ2v) is 8.68. The van der Waals surface area contributed by atoms with E-state index in [1.165, 1.54) is 34.5 Å². The van der Waals surface area contributed by atoms with Crippen molar-refractivity contribution in [1.29, 1.82) is 0 Å². The third-order valence-electron chi connectivity index (χ3n) is 4.67. The van der Waals surface area contributed by atoms with E-state index in [1.54, 1.807) is 6.92 Å². The fourth-order valence-electron chi connectivity index (χ4n) is 3.14. The van der Waals surface area contributed by atoms with E-state index in [1.807, 2.05) is 0 Å². The van der Waals surface area contributed by atoms with Crippen LogP contribution in [0.5, 0.6) is 0 Å². The minimum atomic E-state index is -4.47. The van der Waals surface area contributed by atoms with Crippen LogP contribution in [-0.2, 0) is 27.5 Å². The van der Waals surface area contributed by atoms with Crippen molar-refractivity contribution in [3.63, 3.8) is 0 Å². The molecule has 0 unspecified atom stereocenters. The average molecular weight is 392 g/mol. The number of benzene rings is 1. The summed E-state index contributed by atoms with van der Waals surface area (Å²) < 4.78 is 64.3. The molecule has 0 saturated carbocycles. The first-order valence-electron chi connectivity index (χ1n) is 8.44. The van der Waals surface area contributed by atoms with E-state index >= 15 is 0 Å². The van der Waals surface area contributed by atoms with E-state index in [0.29, 0.717) is 12.8 Å². The lowest BCUT2D eigenvalue weighted by molar-refractivity contribution is -0.140. The van der Waals surface area contributed by atoms with Gasteiger partial charge in [-0.2, -0.15) is 13.2 Å². The van der Waals surface area contributed by atoms with Crippen LogP contribution >= 0.6 is 0 Å². The molecule has 0 atom stereocenters. The zero-order valence-electron chi connectivity index (χ0n) is 14.8. The van der Waals surface area contributed by atoms with Crippen LogP contribution in [0.1, 0.15) is 30.9 Å². The van der Waals surface area contributed by atoms with Gasteiger partial charge in [0.1, 0.15) is 0 Å². The highest BCUT2D eigenvalue weighted by Crippen LogP contribution is 2.32. The summed E-state index contributed by atoms with van der Waals surface area (Å²) in [5.74, 6) is -0.614. The van der Waals surface area contributed by atoms with Crippen molar-refractivity contribution in [3.8, 4) is 0 Å². The first kappa shape index (κ1) is 20.7. The molecule has 146 valence electrons. The molecule has 5 nitrogen and oxygen atoms in total. The van der Waals surface area contributed by atoms with Crippen LogP contribution in [0.15, 0.2) is 24.3 Å². The van der Waals surface area contributed by atoms with Crippen LogP contribution in [0, 0.1) is 5.92 Å². The highest BCUT2D eigenvalue weighted by Gasteiger charge is 2.35. The number of piperidine rings is 1. The van der Waals surface area contributed by atoms with Crippen LogP contribution in [0.3, 0.4) is 0 Å². The zero-order chi connectivity index (χ0) is 19.5. The summed E-state index contributed by atoms with van der Waals surface area (Å²) in [5, 5.41) is 0. The molecule has 26 heavy (non-hydrogen) atoms. The molecule has 1 aliphatic rings. The van der Waals surface area contributed by atoms with Gasteiger partial charge in [0.05, 0.1) is 11.3 Å². The van der Waals surface area contributed by atoms with Crippen LogP contribution in [0.2, 0.25) is 0 Å². The first-order valence-corrected chi connectivity index (χ1v) is 10.0. The Morgan fingerprint density at radius 3 is 2.35 bits per heavy atom. The van der Waals surface area contributed by atoms with E-state index < -0.39 is 21.8 Å². The summed E-state index contributed by atoms with van der Waals surface area (Å²) in [5.41, 5.74) is -0.703. The van der Waals surface area contributed by atoms with Crippen LogP contribution in [-0.4, -0.2) is 49.4 Å². The van der Waals surface area contributed by atoms with E-state index in [4.69, 9.17) is 0 Å². The standard InChI is InChI=1S/C17H23F3N2O3S/c1-3-26(24,25)22-10-8-13(9-11-22)16(23)21(2)12-14-6-4-5-7-15(14)17(18,19)20/h4-7,13H,3,8-12H2,1-2H3. The number of alkyl halides is 3. The Kier molecular flexibility index (Phi) is 6.33. The Bertz CT molecular complexity index is 742. The number of carbonyl (C=O) groups excluding carboxylic acids is 1. The number of sulfonamides is 1. The quantitative estimate of drug-likeness (QED) is 0.774. The molecular weight excluding hydrogens is 369 g/mol. The van der Waals surface area contributed by atoms with Crippen LogP contribution in [0.25, 0.3) is 0 Å². The van der Waals surface area contributed by atoms with Crippen molar-refractivity contribution in [3.05, 3.63) is 35.4 Å². The van der Waals surface area contributed by atoms with Crippen molar-refractivity contribution < 1.29 is 26.4 Å². The molecule has 2 rings (SSSR count). The molecule has 0 spiro atoms. The molecule has 0 radical (unpaired) electrons. The summed E-state index contributed by atoms with van der Waals surface area (Å²) in [4.78, 5) is 13.9. The molecule has 0 aromatic heterocycles. The maximum Gasteiger partial charge on any atom is 0.416 e. The number of nitrogens with zero attached hydrogens (tertiary/aromatic N) is 2. The highest BCUT2D eigenvalue weighted by molar-refractivity contribution is 7.89. The second kappa shape index (κ2) is 7.96. The largest absolute Gasteiger partial charge is 0.416 e. The fraction of sp³-hybridized carbons (Fsp3) is 0.588. The average Bonchev–Trinajstić information content (AvgIpc) is 2.60. The van der Waals surface area contributed by atoms with Gasteiger partial charge >= 0.3 is 6.18 Å². The van der Waals surface area contributed by atoms with Crippen molar-refractivity contribution in [1.82, 2.24) is 9.21 Å². The van der Waals surface area contributed by atoms with Gasteiger partial charge in [0, 0.05) is 32.6 Å². The Hall–Kier alpha value is -1.61. The number of hydrogen-bond donors (Lipinski definition) is 0. The van der Waals surface area contributed by atoms with Crippen LogP contribution < -0.4 is 0 Å². The maximum absolute atomic E-state index is 13.1. The summed E-state index contributed by atoms with van der Waals surface area (Å²) in [6.45, 7) is 1.96. The summed E-state index contributed by atoms with van der Waals surface area (Å²) in [6.07, 6.45) is -3.72. The zero-order valence-corrected chi connectivity index (χ0v) is 15.6. The monoisotopic (exact) mass is 392 g/mol. The third-order valence-corrected chi connectivity index (χ3v) is 6.55.